The van der Waals surface area contributed by atoms with Crippen LogP contribution in [0.1, 0.15) is 23.6 Å². The summed E-state index contributed by atoms with van der Waals surface area (Å²) < 4.78 is 5.89. The Morgan fingerprint density at radius 2 is 1.85 bits per heavy atom. The minimum atomic E-state index is -0.715. The first-order valence-electron chi connectivity index (χ1n) is 9.51. The third-order valence-corrected chi connectivity index (χ3v) is 5.42. The number of hydrogen-bond donors (Lipinski definition) is 2. The van der Waals surface area contributed by atoms with E-state index in [4.69, 9.17) is 4.74 Å². The van der Waals surface area contributed by atoms with Crippen molar-refractivity contribution in [2.45, 2.75) is 25.4 Å². The second-order valence-corrected chi connectivity index (χ2v) is 6.95. The molecular weight excluding hydrogens is 324 g/mol. The first-order valence-corrected chi connectivity index (χ1v) is 9.51. The summed E-state index contributed by atoms with van der Waals surface area (Å²) in [6.45, 7) is 6.26. The van der Waals surface area contributed by atoms with Gasteiger partial charge in [0.25, 0.3) is 0 Å². The topological polar surface area (TPSA) is 44.7 Å². The van der Waals surface area contributed by atoms with Gasteiger partial charge in [-0.3, -0.25) is 0 Å². The van der Waals surface area contributed by atoms with E-state index >= 15 is 0 Å². The molecule has 2 aromatic carbocycles. The van der Waals surface area contributed by atoms with E-state index in [2.05, 4.69) is 47.5 Å². The van der Waals surface area contributed by atoms with Gasteiger partial charge in [0.05, 0.1) is 6.61 Å². The van der Waals surface area contributed by atoms with E-state index < -0.39 is 5.60 Å². The van der Waals surface area contributed by atoms with Gasteiger partial charge >= 0.3 is 0 Å². The number of aryl methyl sites for hydroxylation is 1. The molecular formula is C22H30N2O2. The number of aliphatic hydroxyl groups excluding tert-OH is 1. The molecule has 1 saturated heterocycles. The summed E-state index contributed by atoms with van der Waals surface area (Å²) in [5.41, 5.74) is 4.11. The smallest absolute Gasteiger partial charge is 0.120 e. The van der Waals surface area contributed by atoms with E-state index in [1.54, 1.807) is 7.11 Å². The van der Waals surface area contributed by atoms with E-state index in [0.29, 0.717) is 6.42 Å². The summed E-state index contributed by atoms with van der Waals surface area (Å²) in [5, 5.41) is 13.6. The van der Waals surface area contributed by atoms with Gasteiger partial charge < -0.3 is 20.1 Å². The van der Waals surface area contributed by atoms with Crippen LogP contribution in [0.15, 0.2) is 48.5 Å². The quantitative estimate of drug-likeness (QED) is 0.803. The van der Waals surface area contributed by atoms with Crippen molar-refractivity contribution in [3.05, 3.63) is 65.2 Å². The van der Waals surface area contributed by atoms with Crippen molar-refractivity contribution < 1.29 is 9.84 Å². The van der Waals surface area contributed by atoms with E-state index in [9.17, 15) is 5.11 Å². The molecule has 1 aliphatic heterocycles. The van der Waals surface area contributed by atoms with Gasteiger partial charge in [-0.15, -0.1) is 0 Å². The Balaban J connectivity index is 1.94. The fourth-order valence-corrected chi connectivity index (χ4v) is 3.80. The fraction of sp³-hybridized carbons (Fsp3) is 0.455. The van der Waals surface area contributed by atoms with Gasteiger partial charge in [-0.2, -0.15) is 0 Å². The molecule has 0 saturated carbocycles. The Labute approximate surface area is 156 Å². The highest BCUT2D eigenvalue weighted by Gasteiger charge is 2.32. The lowest BCUT2D eigenvalue weighted by Gasteiger charge is -2.34. The molecule has 1 atom stereocenters. The Morgan fingerprint density at radius 3 is 2.46 bits per heavy atom. The van der Waals surface area contributed by atoms with Crippen LogP contribution in [0.4, 0.5) is 5.69 Å². The molecule has 0 amide bonds. The van der Waals surface area contributed by atoms with Gasteiger partial charge in [0.15, 0.2) is 0 Å². The largest absolute Gasteiger partial charge is 0.393 e. The first-order chi connectivity index (χ1) is 12.7. The van der Waals surface area contributed by atoms with Crippen LogP contribution in [0.3, 0.4) is 0 Å². The summed E-state index contributed by atoms with van der Waals surface area (Å²) in [4.78, 5) is 2.45. The maximum absolute atomic E-state index is 10.2. The van der Waals surface area contributed by atoms with E-state index in [0.717, 1.165) is 43.7 Å². The summed E-state index contributed by atoms with van der Waals surface area (Å²) in [6, 6.07) is 16.8. The number of methoxy groups -OCH3 is 1. The van der Waals surface area contributed by atoms with Gasteiger partial charge in [0.1, 0.15) is 5.60 Å². The normalized spacial score (nSPS) is 17.1. The van der Waals surface area contributed by atoms with Crippen LogP contribution in [0.2, 0.25) is 0 Å². The third-order valence-electron chi connectivity index (χ3n) is 5.42. The van der Waals surface area contributed by atoms with E-state index in [1.165, 1.54) is 11.3 Å². The van der Waals surface area contributed by atoms with Crippen LogP contribution in [-0.4, -0.2) is 45.0 Å². The van der Waals surface area contributed by atoms with Crippen molar-refractivity contribution in [1.82, 2.24) is 5.32 Å². The van der Waals surface area contributed by atoms with E-state index in [1.807, 2.05) is 18.2 Å². The van der Waals surface area contributed by atoms with Crippen LogP contribution in [0, 0.1) is 0 Å². The van der Waals surface area contributed by atoms with Crippen LogP contribution in [0.25, 0.3) is 0 Å². The molecule has 0 aliphatic carbocycles. The molecule has 4 nitrogen and oxygen atoms in total. The molecule has 0 aromatic heterocycles. The molecule has 2 aromatic rings. The number of piperazine rings is 1. The predicted octanol–water partition coefficient (Wildman–Crippen LogP) is 2.74. The molecule has 4 heteroatoms. The maximum Gasteiger partial charge on any atom is 0.120 e. The van der Waals surface area contributed by atoms with Crippen molar-refractivity contribution in [3.63, 3.8) is 0 Å². The molecule has 140 valence electrons. The fourth-order valence-electron chi connectivity index (χ4n) is 3.80. The maximum atomic E-state index is 10.2. The van der Waals surface area contributed by atoms with Gasteiger partial charge in [0.2, 0.25) is 0 Å². The number of nitrogens with one attached hydrogen (secondary N) is 1. The molecule has 3 rings (SSSR count). The second-order valence-electron chi connectivity index (χ2n) is 6.95. The zero-order chi connectivity index (χ0) is 18.4. The molecule has 0 radical (unpaired) electrons. The second kappa shape index (κ2) is 8.67. The van der Waals surface area contributed by atoms with Gasteiger partial charge in [-0.25, -0.2) is 0 Å². The molecule has 26 heavy (non-hydrogen) atoms. The van der Waals surface area contributed by atoms with Crippen LogP contribution in [0.5, 0.6) is 0 Å². The third kappa shape index (κ3) is 3.93. The highest BCUT2D eigenvalue weighted by molar-refractivity contribution is 5.56. The summed E-state index contributed by atoms with van der Waals surface area (Å²) >= 11 is 0. The number of nitrogens with zero attached hydrogens (tertiary/aromatic N) is 1. The molecule has 0 spiro atoms. The zero-order valence-electron chi connectivity index (χ0n) is 15.9. The lowest BCUT2D eigenvalue weighted by Crippen LogP contribution is -2.44. The Kier molecular flexibility index (Phi) is 6.30. The minimum absolute atomic E-state index is 0.0471. The first kappa shape index (κ1) is 18.9. The predicted molar refractivity (Wildman–Crippen MR) is 107 cm³/mol. The average molecular weight is 354 g/mol. The minimum Gasteiger partial charge on any atom is -0.393 e. The van der Waals surface area contributed by atoms with Crippen molar-refractivity contribution >= 4 is 5.69 Å². The molecule has 1 fully saturated rings. The van der Waals surface area contributed by atoms with Crippen molar-refractivity contribution in [3.8, 4) is 0 Å². The van der Waals surface area contributed by atoms with Crippen LogP contribution < -0.4 is 10.2 Å². The lowest BCUT2D eigenvalue weighted by atomic mass is 9.86. The number of benzene rings is 2. The SMILES string of the molecule is CCc1cc(C(CO)(Cc2ccccc2)OC)ccc1N1CCNCC1. The molecule has 2 N–H and O–H groups in total. The molecule has 0 bridgehead atoms. The number of anilines is 1. The Bertz CT molecular complexity index is 693. The van der Waals surface area contributed by atoms with Gasteiger partial charge in [-0.05, 0) is 29.2 Å². The zero-order valence-corrected chi connectivity index (χ0v) is 15.9. The van der Waals surface area contributed by atoms with Gasteiger partial charge in [0, 0.05) is 45.4 Å². The van der Waals surface area contributed by atoms with Crippen molar-refractivity contribution in [2.24, 2.45) is 0 Å². The van der Waals surface area contributed by atoms with Crippen LogP contribution >= 0.6 is 0 Å². The van der Waals surface area contributed by atoms with Crippen LogP contribution in [-0.2, 0) is 23.2 Å². The number of ether oxygens (including phenoxy) is 1. The number of hydrogen-bond acceptors (Lipinski definition) is 4. The number of rotatable bonds is 7. The molecule has 1 heterocycles. The van der Waals surface area contributed by atoms with Gasteiger partial charge in [-0.1, -0.05) is 49.4 Å². The average Bonchev–Trinajstić information content (AvgIpc) is 2.73. The van der Waals surface area contributed by atoms with E-state index in [-0.39, 0.29) is 6.61 Å². The highest BCUT2D eigenvalue weighted by atomic mass is 16.5. The number of aliphatic hydroxyl groups is 1. The van der Waals surface area contributed by atoms with Crippen molar-refractivity contribution in [1.29, 1.82) is 0 Å². The Hall–Kier alpha value is -1.88. The molecule has 1 aliphatic rings. The standard InChI is InChI=1S/C22H30N2O2/c1-3-19-15-20(9-10-21(19)24-13-11-23-12-14-24)22(17-25,26-2)16-18-7-5-4-6-8-18/h4-10,15,23,25H,3,11-14,16-17H2,1-2H3. The van der Waals surface area contributed by atoms with Crippen molar-refractivity contribution in [2.75, 3.05) is 44.8 Å². The summed E-state index contributed by atoms with van der Waals surface area (Å²) in [6.07, 6.45) is 1.61. The Morgan fingerprint density at radius 1 is 1.12 bits per heavy atom. The monoisotopic (exact) mass is 354 g/mol. The summed E-state index contributed by atoms with van der Waals surface area (Å²) in [7, 11) is 1.69. The molecule has 1 unspecified atom stereocenters. The summed E-state index contributed by atoms with van der Waals surface area (Å²) in [5.74, 6) is 0. The highest BCUT2D eigenvalue weighted by Crippen LogP contribution is 2.33. The lowest BCUT2D eigenvalue weighted by molar-refractivity contribution is -0.0569.